The molecule has 0 saturated carbocycles. The predicted molar refractivity (Wildman–Crippen MR) is 111 cm³/mol. The highest BCUT2D eigenvalue weighted by Crippen LogP contribution is 2.32. The molecule has 4 rings (SSSR count). The maximum atomic E-state index is 13.3. The molecule has 1 fully saturated rings. The van der Waals surface area contributed by atoms with Crippen LogP contribution in [0.2, 0.25) is 0 Å². The minimum Gasteiger partial charge on any atom is -0.480 e. The van der Waals surface area contributed by atoms with Crippen LogP contribution in [-0.4, -0.2) is 43.0 Å². The maximum absolute atomic E-state index is 13.3. The first kappa shape index (κ1) is 20.0. The van der Waals surface area contributed by atoms with Gasteiger partial charge in [0.25, 0.3) is 0 Å². The van der Waals surface area contributed by atoms with E-state index in [4.69, 9.17) is 0 Å². The molecule has 2 aliphatic rings. The summed E-state index contributed by atoms with van der Waals surface area (Å²) in [5.41, 5.74) is 3.93. The zero-order valence-electron chi connectivity index (χ0n) is 16.6. The molecule has 1 unspecified atom stereocenters. The second kappa shape index (κ2) is 8.24. The van der Waals surface area contributed by atoms with Crippen LogP contribution in [0, 0.1) is 6.92 Å². The van der Waals surface area contributed by atoms with E-state index in [1.54, 1.807) is 28.8 Å². The van der Waals surface area contributed by atoms with E-state index < -0.39 is 17.0 Å². The van der Waals surface area contributed by atoms with Crippen molar-refractivity contribution < 1.29 is 18.9 Å². The summed E-state index contributed by atoms with van der Waals surface area (Å²) in [6, 6.07) is 7.04. The lowest BCUT2D eigenvalue weighted by Gasteiger charge is -2.15. The fourth-order valence-electron chi connectivity index (χ4n) is 4.53. The Labute approximate surface area is 173 Å². The van der Waals surface area contributed by atoms with E-state index in [2.05, 4.69) is 0 Å². The second-order valence-corrected chi connectivity index (χ2v) is 9.30. The molecule has 1 aliphatic heterocycles. The van der Waals surface area contributed by atoms with Crippen LogP contribution in [0.4, 0.5) is 0 Å². The summed E-state index contributed by atoms with van der Waals surface area (Å²) in [6.45, 7) is 3.41. The van der Waals surface area contributed by atoms with Crippen LogP contribution in [-0.2, 0) is 35.2 Å². The number of hydrogen-bond donors (Lipinski definition) is 1. The van der Waals surface area contributed by atoms with E-state index >= 15 is 0 Å². The largest absolute Gasteiger partial charge is 0.480 e. The van der Waals surface area contributed by atoms with E-state index in [9.17, 15) is 18.9 Å². The number of benzene rings is 1. The van der Waals surface area contributed by atoms with Gasteiger partial charge in [-0.05, 0) is 75.3 Å². The summed E-state index contributed by atoms with van der Waals surface area (Å²) in [5.74, 6) is -0.979. The summed E-state index contributed by atoms with van der Waals surface area (Å²) in [5, 5.41) is 9.29. The van der Waals surface area contributed by atoms with Crippen LogP contribution < -0.4 is 0 Å². The number of carbonyl (C=O) groups excluding carboxylic acids is 1. The molecule has 1 aliphatic carbocycles. The number of aromatic nitrogens is 1. The summed E-state index contributed by atoms with van der Waals surface area (Å²) in [4.78, 5) is 25.4. The standard InChI is InChI=1S/C22H26N2O4S/c1-15-21(18-6-2-3-7-19(18)24(15)14-20(25)26)22(27)16-8-10-17(11-9-16)29(28)23-12-4-5-13-23/h8-11H,2-7,12-14H2,1H3,(H,25,26). The minimum atomic E-state index is -1.18. The molecule has 2 aromatic rings. The van der Waals surface area contributed by atoms with Gasteiger partial charge in [-0.25, -0.2) is 8.51 Å². The molecule has 0 amide bonds. The van der Waals surface area contributed by atoms with Crippen molar-refractivity contribution in [3.8, 4) is 0 Å². The Morgan fingerprint density at radius 2 is 1.69 bits per heavy atom. The van der Waals surface area contributed by atoms with Crippen molar-refractivity contribution >= 4 is 22.7 Å². The number of fused-ring (bicyclic) bond motifs is 1. The van der Waals surface area contributed by atoms with Crippen LogP contribution >= 0.6 is 0 Å². The van der Waals surface area contributed by atoms with Gasteiger partial charge in [-0.2, -0.15) is 0 Å². The third kappa shape index (κ3) is 3.81. The smallest absolute Gasteiger partial charge is 0.323 e. The summed E-state index contributed by atoms with van der Waals surface area (Å²) >= 11 is 0. The van der Waals surface area contributed by atoms with Crippen molar-refractivity contribution in [1.82, 2.24) is 8.87 Å². The Bertz CT molecular complexity index is 972. The third-order valence-corrected chi connectivity index (χ3v) is 7.48. The Morgan fingerprint density at radius 1 is 1.03 bits per heavy atom. The summed E-state index contributed by atoms with van der Waals surface area (Å²) in [6.07, 6.45) is 5.78. The van der Waals surface area contributed by atoms with Gasteiger partial charge in [-0.3, -0.25) is 9.59 Å². The molecule has 0 spiro atoms. The molecule has 7 heteroatoms. The highest BCUT2D eigenvalue weighted by molar-refractivity contribution is 7.82. The van der Waals surface area contributed by atoms with E-state index in [1.807, 2.05) is 11.2 Å². The maximum Gasteiger partial charge on any atom is 0.323 e. The predicted octanol–water partition coefficient (Wildman–Crippen LogP) is 3.11. The van der Waals surface area contributed by atoms with Crippen molar-refractivity contribution in [1.29, 1.82) is 0 Å². The topological polar surface area (TPSA) is 79.6 Å². The van der Waals surface area contributed by atoms with Crippen LogP contribution in [0.5, 0.6) is 0 Å². The van der Waals surface area contributed by atoms with Gasteiger partial charge in [0.1, 0.15) is 17.5 Å². The molecule has 154 valence electrons. The lowest BCUT2D eigenvalue weighted by Crippen LogP contribution is -2.22. The molecule has 1 aromatic carbocycles. The van der Waals surface area contributed by atoms with Gasteiger partial charge in [-0.1, -0.05) is 0 Å². The van der Waals surface area contributed by atoms with Gasteiger partial charge in [-0.15, -0.1) is 0 Å². The van der Waals surface area contributed by atoms with E-state index in [-0.39, 0.29) is 12.3 Å². The number of carboxylic acid groups (broad SMARTS) is 1. The molecule has 6 nitrogen and oxygen atoms in total. The van der Waals surface area contributed by atoms with Gasteiger partial charge in [0.2, 0.25) is 0 Å². The Hall–Kier alpha value is -2.25. The fraction of sp³-hybridized carbons (Fsp3) is 0.455. The summed E-state index contributed by atoms with van der Waals surface area (Å²) in [7, 11) is -1.18. The lowest BCUT2D eigenvalue weighted by atomic mass is 9.91. The molecule has 2 heterocycles. The van der Waals surface area contributed by atoms with Crippen LogP contribution in [0.15, 0.2) is 29.2 Å². The molecule has 1 N–H and O–H groups in total. The first-order chi connectivity index (χ1) is 14.0. The van der Waals surface area contributed by atoms with Crippen LogP contribution in [0.1, 0.15) is 58.6 Å². The molecule has 29 heavy (non-hydrogen) atoms. The van der Waals surface area contributed by atoms with Crippen molar-refractivity contribution in [2.75, 3.05) is 13.1 Å². The van der Waals surface area contributed by atoms with Crippen molar-refractivity contribution in [3.63, 3.8) is 0 Å². The molecule has 0 bridgehead atoms. The monoisotopic (exact) mass is 414 g/mol. The highest BCUT2D eigenvalue weighted by Gasteiger charge is 2.28. The summed E-state index contributed by atoms with van der Waals surface area (Å²) < 4.78 is 16.4. The number of rotatable bonds is 6. The molecular formula is C22H26N2O4S. The number of nitrogens with zero attached hydrogens (tertiary/aromatic N) is 2. The van der Waals surface area contributed by atoms with E-state index in [0.29, 0.717) is 16.0 Å². The van der Waals surface area contributed by atoms with Gasteiger partial charge in [0.05, 0.1) is 4.90 Å². The zero-order chi connectivity index (χ0) is 20.5. The van der Waals surface area contributed by atoms with E-state index in [0.717, 1.165) is 68.6 Å². The normalized spacial score (nSPS) is 17.8. The Balaban J connectivity index is 1.65. The molecule has 1 saturated heterocycles. The van der Waals surface area contributed by atoms with Crippen molar-refractivity contribution in [2.24, 2.45) is 0 Å². The first-order valence-corrected chi connectivity index (χ1v) is 11.3. The van der Waals surface area contributed by atoms with Crippen LogP contribution in [0.3, 0.4) is 0 Å². The van der Waals surface area contributed by atoms with Gasteiger partial charge >= 0.3 is 5.97 Å². The van der Waals surface area contributed by atoms with Crippen LogP contribution in [0.25, 0.3) is 0 Å². The average Bonchev–Trinajstić information content (AvgIpc) is 3.35. The number of carboxylic acids is 1. The van der Waals surface area contributed by atoms with Gasteiger partial charge in [0, 0.05) is 35.6 Å². The molecule has 1 aromatic heterocycles. The molecule has 1 atom stereocenters. The number of ketones is 1. The second-order valence-electron chi connectivity index (χ2n) is 7.81. The number of aliphatic carboxylic acids is 1. The third-order valence-electron chi connectivity index (χ3n) is 5.97. The Kier molecular flexibility index (Phi) is 5.69. The lowest BCUT2D eigenvalue weighted by molar-refractivity contribution is -0.137. The average molecular weight is 415 g/mol. The number of carbonyl (C=O) groups is 2. The van der Waals surface area contributed by atoms with Gasteiger partial charge < -0.3 is 9.67 Å². The van der Waals surface area contributed by atoms with Crippen molar-refractivity contribution in [2.45, 2.75) is 56.9 Å². The zero-order valence-corrected chi connectivity index (χ0v) is 17.5. The minimum absolute atomic E-state index is 0.0803. The quantitative estimate of drug-likeness (QED) is 0.737. The van der Waals surface area contributed by atoms with Gasteiger partial charge in [0.15, 0.2) is 5.78 Å². The Morgan fingerprint density at radius 3 is 2.34 bits per heavy atom. The molecular weight excluding hydrogens is 388 g/mol. The van der Waals surface area contributed by atoms with E-state index in [1.165, 1.54) is 0 Å². The highest BCUT2D eigenvalue weighted by atomic mass is 32.2. The SMILES string of the molecule is Cc1c(C(=O)c2ccc(S(=O)N3CCCC3)cc2)c2c(n1CC(=O)O)CCCC2. The molecule has 0 radical (unpaired) electrons. The number of hydrogen-bond acceptors (Lipinski definition) is 3. The van der Waals surface area contributed by atoms with Crippen molar-refractivity contribution in [3.05, 3.63) is 52.3 Å². The first-order valence-electron chi connectivity index (χ1n) is 10.2. The fourth-order valence-corrected chi connectivity index (χ4v) is 5.79.